The number of hydrogen-bond donors (Lipinski definition) is 0. The highest BCUT2D eigenvalue weighted by Gasteiger charge is 2.52. The summed E-state index contributed by atoms with van der Waals surface area (Å²) >= 11 is 0. The van der Waals surface area contributed by atoms with Gasteiger partial charge in [-0.15, -0.1) is 0 Å². The zero-order valence-corrected chi connectivity index (χ0v) is 22.8. The number of anilines is 2. The van der Waals surface area contributed by atoms with Crippen molar-refractivity contribution in [3.05, 3.63) is 71.5 Å². The minimum atomic E-state index is 0.162. The van der Waals surface area contributed by atoms with E-state index in [0.717, 1.165) is 66.7 Å². The summed E-state index contributed by atoms with van der Waals surface area (Å²) in [6, 6.07) is 14.7. The number of likely N-dealkylation sites (tertiary alicyclic amines) is 1. The van der Waals surface area contributed by atoms with E-state index in [9.17, 15) is 4.79 Å². The van der Waals surface area contributed by atoms with Gasteiger partial charge in [0.25, 0.3) is 5.91 Å². The number of carbonyl (C=O) groups is 1. The van der Waals surface area contributed by atoms with E-state index in [2.05, 4.69) is 55.1 Å². The Hall–Kier alpha value is -3.21. The molecule has 1 spiro atoms. The molecule has 1 saturated heterocycles. The maximum Gasteiger partial charge on any atom is 0.253 e. The third-order valence-electron chi connectivity index (χ3n) is 8.36. The molecule has 0 N–H and O–H groups in total. The molecule has 1 aromatic heterocycles. The summed E-state index contributed by atoms with van der Waals surface area (Å²) in [6.07, 6.45) is 11.0. The first-order valence-electron chi connectivity index (χ1n) is 14.2. The van der Waals surface area contributed by atoms with Gasteiger partial charge in [-0.25, -0.2) is 9.97 Å². The number of amides is 1. The Morgan fingerprint density at radius 3 is 2.38 bits per heavy atom. The number of nitrogens with zero attached hydrogens (tertiary/aromatic N) is 4. The molecule has 194 valence electrons. The number of benzene rings is 2. The summed E-state index contributed by atoms with van der Waals surface area (Å²) in [5.41, 5.74) is 6.86. The van der Waals surface area contributed by atoms with Crippen LogP contribution in [0.25, 0.3) is 11.1 Å². The average Bonchev–Trinajstić information content (AvgIpc) is 3.66. The van der Waals surface area contributed by atoms with E-state index in [1.54, 1.807) is 0 Å². The lowest BCUT2D eigenvalue weighted by molar-refractivity contribution is 0.0686. The predicted molar refractivity (Wildman–Crippen MR) is 151 cm³/mol. The number of aryl methyl sites for hydroxylation is 1. The highest BCUT2D eigenvalue weighted by Crippen LogP contribution is 2.57. The van der Waals surface area contributed by atoms with Crippen LogP contribution in [0.2, 0.25) is 0 Å². The van der Waals surface area contributed by atoms with E-state index in [4.69, 9.17) is 9.97 Å². The fraction of sp³-hybridized carbons (Fsp3) is 0.469. The molecular weight excluding hydrogens is 456 g/mol. The van der Waals surface area contributed by atoms with Crippen LogP contribution in [0.3, 0.4) is 0 Å². The fourth-order valence-electron chi connectivity index (χ4n) is 6.08. The van der Waals surface area contributed by atoms with Crippen molar-refractivity contribution in [2.45, 2.75) is 71.6 Å². The van der Waals surface area contributed by atoms with Crippen LogP contribution in [-0.2, 0) is 5.41 Å². The Balaban J connectivity index is 0.00000137. The zero-order chi connectivity index (χ0) is 26.0. The highest BCUT2D eigenvalue weighted by molar-refractivity contribution is 5.96. The van der Waals surface area contributed by atoms with E-state index in [-0.39, 0.29) is 11.3 Å². The Kier molecular flexibility index (Phi) is 7.32. The van der Waals surface area contributed by atoms with Crippen molar-refractivity contribution in [1.82, 2.24) is 14.9 Å². The molecule has 2 fully saturated rings. The van der Waals surface area contributed by atoms with Crippen LogP contribution in [0.5, 0.6) is 0 Å². The first kappa shape index (κ1) is 25.4. The molecule has 1 saturated carbocycles. The predicted octanol–water partition coefficient (Wildman–Crippen LogP) is 7.31. The molecule has 5 nitrogen and oxygen atoms in total. The van der Waals surface area contributed by atoms with Gasteiger partial charge >= 0.3 is 0 Å². The van der Waals surface area contributed by atoms with Crippen LogP contribution in [-0.4, -0.2) is 40.4 Å². The van der Waals surface area contributed by atoms with Crippen molar-refractivity contribution < 1.29 is 4.79 Å². The van der Waals surface area contributed by atoms with Gasteiger partial charge in [0.2, 0.25) is 5.95 Å². The SMILES string of the molecule is CC.CCCC1CCN(C(=O)c2ccc3c(c2)N(c2ncc(-c4ccccc4C)cn2)CC32CC2)CC1. The molecule has 1 aliphatic carbocycles. The van der Waals surface area contributed by atoms with Crippen LogP contribution in [0, 0.1) is 12.8 Å². The Labute approximate surface area is 221 Å². The molecular formula is C32H40N4O. The summed E-state index contributed by atoms with van der Waals surface area (Å²) in [5.74, 6) is 1.65. The second-order valence-electron chi connectivity index (χ2n) is 10.7. The third-order valence-corrected chi connectivity index (χ3v) is 8.36. The second-order valence-corrected chi connectivity index (χ2v) is 10.7. The monoisotopic (exact) mass is 496 g/mol. The molecule has 0 radical (unpaired) electrons. The topological polar surface area (TPSA) is 49.3 Å². The van der Waals surface area contributed by atoms with Crippen LogP contribution < -0.4 is 4.90 Å². The molecule has 3 aromatic rings. The van der Waals surface area contributed by atoms with Gasteiger partial charge in [0.1, 0.15) is 0 Å². The van der Waals surface area contributed by atoms with Gasteiger partial charge in [-0.1, -0.05) is 63.9 Å². The molecule has 5 heteroatoms. The van der Waals surface area contributed by atoms with Gasteiger partial charge in [0, 0.05) is 54.3 Å². The van der Waals surface area contributed by atoms with Crippen molar-refractivity contribution in [1.29, 1.82) is 0 Å². The molecule has 0 atom stereocenters. The van der Waals surface area contributed by atoms with Gasteiger partial charge in [0.05, 0.1) is 0 Å². The number of hydrogen-bond acceptors (Lipinski definition) is 4. The number of carbonyl (C=O) groups excluding carboxylic acids is 1. The molecule has 2 aromatic carbocycles. The first-order chi connectivity index (χ1) is 18.1. The maximum atomic E-state index is 13.4. The smallest absolute Gasteiger partial charge is 0.253 e. The number of aromatic nitrogens is 2. The van der Waals surface area contributed by atoms with Gasteiger partial charge in [-0.05, 0) is 67.3 Å². The van der Waals surface area contributed by atoms with Crippen LogP contribution in [0.4, 0.5) is 11.6 Å². The van der Waals surface area contributed by atoms with E-state index in [0.29, 0.717) is 0 Å². The standard InChI is InChI=1S/C30H34N4O.C2H6/c1-3-6-22-11-15-33(16-12-22)28(35)23-9-10-26-27(17-23)34(20-30(26)13-14-30)29-31-18-24(19-32-29)25-8-5-4-7-21(25)2;1-2/h4-5,7-10,17-19,22H,3,6,11-16,20H2,1-2H3;1-2H3. The fourth-order valence-corrected chi connectivity index (χ4v) is 6.08. The summed E-state index contributed by atoms with van der Waals surface area (Å²) < 4.78 is 0. The minimum Gasteiger partial charge on any atom is -0.339 e. The van der Waals surface area contributed by atoms with E-state index < -0.39 is 0 Å². The van der Waals surface area contributed by atoms with Crippen molar-refractivity contribution in [3.8, 4) is 11.1 Å². The van der Waals surface area contributed by atoms with Crippen molar-refractivity contribution >= 4 is 17.5 Å². The molecule has 37 heavy (non-hydrogen) atoms. The molecule has 1 amide bonds. The molecule has 0 bridgehead atoms. The highest BCUT2D eigenvalue weighted by atomic mass is 16.2. The molecule has 0 unspecified atom stereocenters. The van der Waals surface area contributed by atoms with Crippen molar-refractivity contribution in [2.75, 3.05) is 24.5 Å². The van der Waals surface area contributed by atoms with Crippen LogP contribution in [0.15, 0.2) is 54.9 Å². The molecule has 6 rings (SSSR count). The molecule has 3 aliphatic rings. The summed E-state index contributed by atoms with van der Waals surface area (Å²) in [5, 5.41) is 0. The number of rotatable bonds is 5. The lowest BCUT2D eigenvalue weighted by Gasteiger charge is -2.32. The minimum absolute atomic E-state index is 0.162. The van der Waals surface area contributed by atoms with Gasteiger partial charge in [0.15, 0.2) is 0 Å². The normalized spacial score (nSPS) is 17.8. The van der Waals surface area contributed by atoms with Crippen LogP contribution in [0.1, 0.15) is 80.8 Å². The first-order valence-corrected chi connectivity index (χ1v) is 14.2. The van der Waals surface area contributed by atoms with Gasteiger partial charge in [-0.2, -0.15) is 0 Å². The second kappa shape index (κ2) is 10.6. The third kappa shape index (κ3) is 4.88. The summed E-state index contributed by atoms with van der Waals surface area (Å²) in [4.78, 5) is 27.2. The van der Waals surface area contributed by atoms with Gasteiger partial charge < -0.3 is 9.80 Å². The van der Waals surface area contributed by atoms with E-state index in [1.165, 1.54) is 36.8 Å². The lowest BCUT2D eigenvalue weighted by Crippen LogP contribution is -2.38. The largest absolute Gasteiger partial charge is 0.339 e. The Morgan fingerprint density at radius 2 is 1.73 bits per heavy atom. The zero-order valence-electron chi connectivity index (χ0n) is 22.8. The van der Waals surface area contributed by atoms with Crippen LogP contribution >= 0.6 is 0 Å². The van der Waals surface area contributed by atoms with Crippen molar-refractivity contribution in [2.24, 2.45) is 5.92 Å². The Morgan fingerprint density at radius 1 is 1.03 bits per heavy atom. The quantitative estimate of drug-likeness (QED) is 0.371. The summed E-state index contributed by atoms with van der Waals surface area (Å²) in [6.45, 7) is 11.0. The average molecular weight is 497 g/mol. The Bertz CT molecular complexity index is 1240. The van der Waals surface area contributed by atoms with Crippen molar-refractivity contribution in [3.63, 3.8) is 0 Å². The summed E-state index contributed by atoms with van der Waals surface area (Å²) in [7, 11) is 0. The number of fused-ring (bicyclic) bond motifs is 2. The lowest BCUT2D eigenvalue weighted by atomic mass is 9.92. The molecule has 3 heterocycles. The van der Waals surface area contributed by atoms with Gasteiger partial charge in [-0.3, -0.25) is 4.79 Å². The molecule has 2 aliphatic heterocycles. The number of piperidine rings is 1. The van der Waals surface area contributed by atoms with E-state index in [1.807, 2.05) is 37.2 Å². The maximum absolute atomic E-state index is 13.4. The van der Waals surface area contributed by atoms with E-state index >= 15 is 0 Å².